The summed E-state index contributed by atoms with van der Waals surface area (Å²) in [7, 11) is 0. The van der Waals surface area contributed by atoms with E-state index in [0.717, 1.165) is 15.6 Å². The number of nitrogens with zero attached hydrogens (tertiary/aromatic N) is 2. The second kappa shape index (κ2) is 6.53. The van der Waals surface area contributed by atoms with Crippen LogP contribution in [-0.2, 0) is 9.53 Å². The standard InChI is InChI=1S/C14H17N3O3S2/c1-6-9(4)21-14(16-6)17-12(18)8(3)20-13(19)11-7(2)15-10(5)22-11/h8H,1-5H3,(H,16,17,18)/t8-/m0/s1. The Balaban J connectivity index is 1.99. The van der Waals surface area contributed by atoms with Crippen molar-refractivity contribution in [2.75, 3.05) is 5.32 Å². The molecule has 0 aromatic carbocycles. The van der Waals surface area contributed by atoms with Crippen molar-refractivity contribution in [3.63, 3.8) is 0 Å². The van der Waals surface area contributed by atoms with Crippen molar-refractivity contribution in [1.29, 1.82) is 0 Å². The van der Waals surface area contributed by atoms with Crippen molar-refractivity contribution < 1.29 is 14.3 Å². The summed E-state index contributed by atoms with van der Waals surface area (Å²) < 4.78 is 5.20. The molecule has 2 rings (SSSR count). The second-order valence-electron chi connectivity index (χ2n) is 4.84. The zero-order valence-corrected chi connectivity index (χ0v) is 14.6. The zero-order valence-electron chi connectivity index (χ0n) is 13.0. The van der Waals surface area contributed by atoms with E-state index in [4.69, 9.17) is 4.74 Å². The minimum Gasteiger partial charge on any atom is -0.448 e. The number of ether oxygens (including phenoxy) is 1. The Morgan fingerprint density at radius 1 is 1.09 bits per heavy atom. The highest BCUT2D eigenvalue weighted by Gasteiger charge is 2.23. The average Bonchev–Trinajstić information content (AvgIpc) is 2.91. The summed E-state index contributed by atoms with van der Waals surface area (Å²) in [5.41, 5.74) is 1.49. The van der Waals surface area contributed by atoms with Gasteiger partial charge in [0.15, 0.2) is 11.2 Å². The Hall–Kier alpha value is -1.80. The number of hydrogen-bond acceptors (Lipinski definition) is 7. The third kappa shape index (κ3) is 3.69. The van der Waals surface area contributed by atoms with Crippen LogP contribution < -0.4 is 5.32 Å². The van der Waals surface area contributed by atoms with Gasteiger partial charge in [-0.15, -0.1) is 22.7 Å². The first-order chi connectivity index (χ1) is 10.3. The highest BCUT2D eigenvalue weighted by Crippen LogP contribution is 2.22. The lowest BCUT2D eigenvalue weighted by Gasteiger charge is -2.11. The fourth-order valence-electron chi connectivity index (χ4n) is 1.72. The van der Waals surface area contributed by atoms with E-state index in [9.17, 15) is 9.59 Å². The largest absolute Gasteiger partial charge is 0.448 e. The monoisotopic (exact) mass is 339 g/mol. The Kier molecular flexibility index (Phi) is 4.92. The molecule has 0 saturated carbocycles. The molecule has 1 N–H and O–H groups in total. The van der Waals surface area contributed by atoms with Gasteiger partial charge in [-0.2, -0.15) is 0 Å². The molecule has 2 aromatic heterocycles. The van der Waals surface area contributed by atoms with Gasteiger partial charge in [0.25, 0.3) is 5.91 Å². The van der Waals surface area contributed by atoms with E-state index in [1.165, 1.54) is 29.6 Å². The molecule has 1 atom stereocenters. The molecular weight excluding hydrogens is 322 g/mol. The number of carbonyl (C=O) groups excluding carboxylic acids is 2. The molecule has 0 radical (unpaired) electrons. The normalized spacial score (nSPS) is 12.0. The molecule has 0 saturated heterocycles. The van der Waals surface area contributed by atoms with Gasteiger partial charge in [0.05, 0.1) is 16.4 Å². The first-order valence-electron chi connectivity index (χ1n) is 6.68. The molecule has 0 bridgehead atoms. The lowest BCUT2D eigenvalue weighted by molar-refractivity contribution is -0.123. The van der Waals surface area contributed by atoms with Gasteiger partial charge in [0.2, 0.25) is 0 Å². The van der Waals surface area contributed by atoms with Gasteiger partial charge in [-0.25, -0.2) is 14.8 Å². The number of amides is 1. The summed E-state index contributed by atoms with van der Waals surface area (Å²) in [5, 5.41) is 3.95. The summed E-state index contributed by atoms with van der Waals surface area (Å²) in [6.45, 7) is 8.90. The van der Waals surface area contributed by atoms with Crippen molar-refractivity contribution in [2.45, 2.75) is 40.7 Å². The van der Waals surface area contributed by atoms with Gasteiger partial charge >= 0.3 is 5.97 Å². The first-order valence-corrected chi connectivity index (χ1v) is 8.31. The van der Waals surface area contributed by atoms with Gasteiger partial charge in [-0.05, 0) is 34.6 Å². The second-order valence-corrected chi connectivity index (χ2v) is 7.25. The van der Waals surface area contributed by atoms with E-state index in [2.05, 4.69) is 15.3 Å². The van der Waals surface area contributed by atoms with Crippen molar-refractivity contribution in [2.24, 2.45) is 0 Å². The zero-order chi connectivity index (χ0) is 16.4. The van der Waals surface area contributed by atoms with Crippen LogP contribution in [0.1, 0.15) is 37.9 Å². The number of hydrogen-bond donors (Lipinski definition) is 1. The summed E-state index contributed by atoms with van der Waals surface area (Å²) in [4.78, 5) is 34.0. The van der Waals surface area contributed by atoms with E-state index >= 15 is 0 Å². The van der Waals surface area contributed by atoms with Crippen LogP contribution in [0.25, 0.3) is 0 Å². The molecule has 2 heterocycles. The molecule has 2 aromatic rings. The third-order valence-corrected chi connectivity index (χ3v) is 5.04. The van der Waals surface area contributed by atoms with Gasteiger partial charge in [-0.1, -0.05) is 0 Å². The Labute approximate surface area is 136 Å². The lowest BCUT2D eigenvalue weighted by atomic mass is 10.3. The van der Waals surface area contributed by atoms with Crippen molar-refractivity contribution in [3.05, 3.63) is 26.1 Å². The predicted molar refractivity (Wildman–Crippen MR) is 86.7 cm³/mol. The summed E-state index contributed by atoms with van der Waals surface area (Å²) >= 11 is 2.65. The summed E-state index contributed by atoms with van der Waals surface area (Å²) in [5.74, 6) is -0.932. The van der Waals surface area contributed by atoms with Crippen molar-refractivity contribution >= 4 is 39.7 Å². The van der Waals surface area contributed by atoms with E-state index in [1.807, 2.05) is 20.8 Å². The maximum Gasteiger partial charge on any atom is 0.351 e. The molecule has 0 unspecified atom stereocenters. The lowest BCUT2D eigenvalue weighted by Crippen LogP contribution is -2.29. The number of aromatic nitrogens is 2. The molecule has 0 aliphatic carbocycles. The molecule has 1 amide bonds. The van der Waals surface area contributed by atoms with Gasteiger partial charge in [0, 0.05) is 4.88 Å². The summed E-state index contributed by atoms with van der Waals surface area (Å²) in [6.07, 6.45) is -0.904. The predicted octanol–water partition coefficient (Wildman–Crippen LogP) is 3.02. The average molecular weight is 339 g/mol. The van der Waals surface area contributed by atoms with Gasteiger partial charge in [0.1, 0.15) is 4.88 Å². The SMILES string of the molecule is Cc1nc(C)c(C(=O)O[C@@H](C)C(=O)Nc2nc(C)c(C)s2)s1. The van der Waals surface area contributed by atoms with Crippen LogP contribution in [0.4, 0.5) is 5.13 Å². The molecule has 8 heteroatoms. The minimum atomic E-state index is -0.904. The molecule has 6 nitrogen and oxygen atoms in total. The Bertz CT molecular complexity index is 701. The van der Waals surface area contributed by atoms with Crippen LogP contribution in [-0.4, -0.2) is 27.9 Å². The van der Waals surface area contributed by atoms with Crippen molar-refractivity contribution in [1.82, 2.24) is 9.97 Å². The van der Waals surface area contributed by atoms with Gasteiger partial charge < -0.3 is 4.74 Å². The number of aryl methyl sites for hydroxylation is 4. The number of esters is 1. The van der Waals surface area contributed by atoms with E-state index in [1.54, 1.807) is 6.92 Å². The van der Waals surface area contributed by atoms with Crippen LogP contribution in [0, 0.1) is 27.7 Å². The molecule has 0 aliphatic rings. The number of thiazole rings is 2. The molecule has 0 fully saturated rings. The Morgan fingerprint density at radius 2 is 1.77 bits per heavy atom. The van der Waals surface area contributed by atoms with Crippen LogP contribution in [0.15, 0.2) is 0 Å². The smallest absolute Gasteiger partial charge is 0.351 e. The molecule has 0 aliphatic heterocycles. The van der Waals surface area contributed by atoms with E-state index in [0.29, 0.717) is 15.7 Å². The fourth-order valence-corrected chi connectivity index (χ4v) is 3.34. The minimum absolute atomic E-state index is 0.402. The number of rotatable bonds is 4. The van der Waals surface area contributed by atoms with Crippen LogP contribution in [0.3, 0.4) is 0 Å². The highest BCUT2D eigenvalue weighted by molar-refractivity contribution is 7.15. The quantitative estimate of drug-likeness (QED) is 0.866. The van der Waals surface area contributed by atoms with Crippen molar-refractivity contribution in [3.8, 4) is 0 Å². The first kappa shape index (κ1) is 16.6. The van der Waals surface area contributed by atoms with Crippen LogP contribution in [0.2, 0.25) is 0 Å². The van der Waals surface area contributed by atoms with E-state index < -0.39 is 18.0 Å². The topological polar surface area (TPSA) is 81.2 Å². The number of anilines is 1. The number of nitrogens with one attached hydrogen (secondary N) is 1. The summed E-state index contributed by atoms with van der Waals surface area (Å²) in [6, 6.07) is 0. The highest BCUT2D eigenvalue weighted by atomic mass is 32.1. The third-order valence-electron chi connectivity index (χ3n) is 3.00. The maximum atomic E-state index is 12.1. The molecule has 0 spiro atoms. The number of carbonyl (C=O) groups is 2. The Morgan fingerprint density at radius 3 is 2.27 bits per heavy atom. The molecular formula is C14H17N3O3S2. The molecule has 118 valence electrons. The van der Waals surface area contributed by atoms with Crippen LogP contribution >= 0.6 is 22.7 Å². The maximum absolute atomic E-state index is 12.1. The molecule has 22 heavy (non-hydrogen) atoms. The van der Waals surface area contributed by atoms with E-state index in [-0.39, 0.29) is 0 Å². The van der Waals surface area contributed by atoms with Gasteiger partial charge in [-0.3, -0.25) is 10.1 Å². The van der Waals surface area contributed by atoms with Crippen LogP contribution in [0.5, 0.6) is 0 Å². The fraction of sp³-hybridized carbons (Fsp3) is 0.429.